The van der Waals surface area contributed by atoms with Gasteiger partial charge in [-0.1, -0.05) is 0 Å². The number of hydrogen-bond acceptors (Lipinski definition) is 3. The van der Waals surface area contributed by atoms with E-state index in [0.29, 0.717) is 6.04 Å². The fourth-order valence-corrected chi connectivity index (χ4v) is 3.81. The first-order valence-corrected chi connectivity index (χ1v) is 8.26. The summed E-state index contributed by atoms with van der Waals surface area (Å²) in [6.45, 7) is 5.18. The molecular formula is C16H33N3. The SMILES string of the molecule is CN1CCCC(CCN(C)CC2CCC(N)CC2)C1. The van der Waals surface area contributed by atoms with E-state index in [1.54, 1.807) is 0 Å². The Morgan fingerprint density at radius 3 is 2.53 bits per heavy atom. The zero-order chi connectivity index (χ0) is 13.7. The molecule has 0 bridgehead atoms. The van der Waals surface area contributed by atoms with Crippen molar-refractivity contribution in [3.05, 3.63) is 0 Å². The van der Waals surface area contributed by atoms with Crippen LogP contribution in [-0.2, 0) is 0 Å². The highest BCUT2D eigenvalue weighted by molar-refractivity contribution is 4.77. The summed E-state index contributed by atoms with van der Waals surface area (Å²) >= 11 is 0. The van der Waals surface area contributed by atoms with E-state index >= 15 is 0 Å². The summed E-state index contributed by atoms with van der Waals surface area (Å²) in [5, 5.41) is 0. The maximum Gasteiger partial charge on any atom is 0.00390 e. The average molecular weight is 267 g/mol. The molecule has 0 radical (unpaired) electrons. The van der Waals surface area contributed by atoms with Crippen molar-refractivity contribution in [3.8, 4) is 0 Å². The summed E-state index contributed by atoms with van der Waals surface area (Å²) < 4.78 is 0. The number of likely N-dealkylation sites (tertiary alicyclic amines) is 1. The van der Waals surface area contributed by atoms with Crippen molar-refractivity contribution < 1.29 is 0 Å². The third-order valence-corrected chi connectivity index (χ3v) is 5.10. The molecule has 0 aromatic carbocycles. The standard InChI is InChI=1S/C16H33N3/c1-18-10-3-4-14(12-18)9-11-19(2)13-15-5-7-16(17)8-6-15/h14-16H,3-13,17H2,1-2H3. The van der Waals surface area contributed by atoms with Crippen molar-refractivity contribution in [2.75, 3.05) is 40.3 Å². The van der Waals surface area contributed by atoms with Gasteiger partial charge in [-0.3, -0.25) is 0 Å². The molecule has 1 atom stereocenters. The Morgan fingerprint density at radius 2 is 1.84 bits per heavy atom. The van der Waals surface area contributed by atoms with Crippen LogP contribution in [0.25, 0.3) is 0 Å². The number of rotatable bonds is 5. The van der Waals surface area contributed by atoms with E-state index in [9.17, 15) is 0 Å². The first-order chi connectivity index (χ1) is 9.13. The van der Waals surface area contributed by atoms with Gasteiger partial charge in [-0.05, 0) is 84.0 Å². The van der Waals surface area contributed by atoms with Gasteiger partial charge in [0.25, 0.3) is 0 Å². The summed E-state index contributed by atoms with van der Waals surface area (Å²) in [7, 11) is 4.57. The molecule has 2 N–H and O–H groups in total. The molecule has 2 aliphatic rings. The molecule has 0 aromatic heterocycles. The van der Waals surface area contributed by atoms with E-state index in [2.05, 4.69) is 23.9 Å². The zero-order valence-corrected chi connectivity index (χ0v) is 13.0. The van der Waals surface area contributed by atoms with Crippen LogP contribution in [0, 0.1) is 11.8 Å². The van der Waals surface area contributed by atoms with Crippen LogP contribution in [0.1, 0.15) is 44.9 Å². The van der Waals surface area contributed by atoms with E-state index in [0.717, 1.165) is 11.8 Å². The zero-order valence-electron chi connectivity index (χ0n) is 13.0. The molecule has 1 heterocycles. The van der Waals surface area contributed by atoms with Crippen molar-refractivity contribution in [2.24, 2.45) is 17.6 Å². The molecule has 1 unspecified atom stereocenters. The van der Waals surface area contributed by atoms with Crippen LogP contribution in [0.15, 0.2) is 0 Å². The Kier molecular flexibility index (Phi) is 6.11. The van der Waals surface area contributed by atoms with Crippen molar-refractivity contribution in [1.82, 2.24) is 9.80 Å². The van der Waals surface area contributed by atoms with E-state index in [4.69, 9.17) is 5.73 Å². The minimum Gasteiger partial charge on any atom is -0.328 e. The molecule has 19 heavy (non-hydrogen) atoms. The van der Waals surface area contributed by atoms with Crippen LogP contribution in [0.4, 0.5) is 0 Å². The quantitative estimate of drug-likeness (QED) is 0.828. The molecule has 3 nitrogen and oxygen atoms in total. The summed E-state index contributed by atoms with van der Waals surface area (Å²) in [5.41, 5.74) is 5.98. The lowest BCUT2D eigenvalue weighted by Crippen LogP contribution is -2.36. The minimum atomic E-state index is 0.485. The molecule has 0 spiro atoms. The van der Waals surface area contributed by atoms with Crippen molar-refractivity contribution >= 4 is 0 Å². The van der Waals surface area contributed by atoms with E-state index in [1.807, 2.05) is 0 Å². The van der Waals surface area contributed by atoms with E-state index in [1.165, 1.54) is 71.1 Å². The Labute approximate surface area is 119 Å². The third kappa shape index (κ3) is 5.41. The first kappa shape index (κ1) is 15.3. The van der Waals surface area contributed by atoms with Gasteiger partial charge in [-0.25, -0.2) is 0 Å². The maximum absolute atomic E-state index is 5.98. The summed E-state index contributed by atoms with van der Waals surface area (Å²) in [6, 6.07) is 0.485. The van der Waals surface area contributed by atoms with Crippen LogP contribution < -0.4 is 5.73 Å². The Bertz CT molecular complexity index is 248. The van der Waals surface area contributed by atoms with Crippen LogP contribution in [0.2, 0.25) is 0 Å². The highest BCUT2D eigenvalue weighted by Gasteiger charge is 2.21. The van der Waals surface area contributed by atoms with Crippen LogP contribution in [0.5, 0.6) is 0 Å². The van der Waals surface area contributed by atoms with E-state index in [-0.39, 0.29) is 0 Å². The lowest BCUT2D eigenvalue weighted by Gasteiger charge is -2.32. The Balaban J connectivity index is 1.60. The topological polar surface area (TPSA) is 32.5 Å². The highest BCUT2D eigenvalue weighted by atomic mass is 15.1. The fraction of sp³-hybridized carbons (Fsp3) is 1.00. The second-order valence-electron chi connectivity index (χ2n) is 7.10. The minimum absolute atomic E-state index is 0.485. The lowest BCUT2D eigenvalue weighted by molar-refractivity contribution is 0.172. The van der Waals surface area contributed by atoms with Gasteiger partial charge in [-0.2, -0.15) is 0 Å². The Morgan fingerprint density at radius 1 is 1.11 bits per heavy atom. The van der Waals surface area contributed by atoms with Crippen molar-refractivity contribution in [1.29, 1.82) is 0 Å². The van der Waals surface area contributed by atoms with Crippen LogP contribution in [-0.4, -0.2) is 56.1 Å². The first-order valence-electron chi connectivity index (χ1n) is 8.26. The van der Waals surface area contributed by atoms with Crippen molar-refractivity contribution in [2.45, 2.75) is 51.0 Å². The van der Waals surface area contributed by atoms with Gasteiger partial charge in [0.15, 0.2) is 0 Å². The van der Waals surface area contributed by atoms with Crippen molar-refractivity contribution in [3.63, 3.8) is 0 Å². The summed E-state index contributed by atoms with van der Waals surface area (Å²) in [4.78, 5) is 5.06. The molecular weight excluding hydrogens is 234 g/mol. The van der Waals surface area contributed by atoms with Gasteiger partial charge < -0.3 is 15.5 Å². The largest absolute Gasteiger partial charge is 0.328 e. The third-order valence-electron chi connectivity index (χ3n) is 5.10. The number of hydrogen-bond donors (Lipinski definition) is 1. The van der Waals surface area contributed by atoms with Gasteiger partial charge in [0.1, 0.15) is 0 Å². The predicted molar refractivity (Wildman–Crippen MR) is 82.3 cm³/mol. The molecule has 1 aliphatic carbocycles. The normalized spacial score (nSPS) is 33.8. The van der Waals surface area contributed by atoms with Gasteiger partial charge in [0.05, 0.1) is 0 Å². The monoisotopic (exact) mass is 267 g/mol. The van der Waals surface area contributed by atoms with Crippen LogP contribution in [0.3, 0.4) is 0 Å². The van der Waals surface area contributed by atoms with E-state index < -0.39 is 0 Å². The predicted octanol–water partition coefficient (Wildman–Crippen LogP) is 2.17. The number of nitrogens with zero attached hydrogens (tertiary/aromatic N) is 2. The van der Waals surface area contributed by atoms with Crippen LogP contribution >= 0.6 is 0 Å². The summed E-state index contributed by atoms with van der Waals surface area (Å²) in [5.74, 6) is 1.83. The van der Waals surface area contributed by atoms with Gasteiger partial charge >= 0.3 is 0 Å². The molecule has 0 aromatic rings. The molecule has 1 saturated carbocycles. The summed E-state index contributed by atoms with van der Waals surface area (Å²) in [6.07, 6.45) is 9.39. The highest BCUT2D eigenvalue weighted by Crippen LogP contribution is 2.24. The second kappa shape index (κ2) is 7.61. The van der Waals surface area contributed by atoms with Gasteiger partial charge in [0, 0.05) is 19.1 Å². The lowest BCUT2D eigenvalue weighted by atomic mass is 9.86. The number of nitrogens with two attached hydrogens (primary N) is 1. The smallest absolute Gasteiger partial charge is 0.00390 e. The molecule has 2 rings (SSSR count). The fourth-order valence-electron chi connectivity index (χ4n) is 3.81. The maximum atomic E-state index is 5.98. The molecule has 1 saturated heterocycles. The average Bonchev–Trinajstić information content (AvgIpc) is 2.39. The number of piperidine rings is 1. The molecule has 1 aliphatic heterocycles. The van der Waals surface area contributed by atoms with Gasteiger partial charge in [-0.15, -0.1) is 0 Å². The Hall–Kier alpha value is -0.120. The molecule has 112 valence electrons. The molecule has 0 amide bonds. The molecule has 3 heteroatoms. The molecule has 2 fully saturated rings. The van der Waals surface area contributed by atoms with Gasteiger partial charge in [0.2, 0.25) is 0 Å². The second-order valence-corrected chi connectivity index (χ2v) is 7.10.